The third-order valence-electron chi connectivity index (χ3n) is 1.39. The normalized spacial score (nSPS) is 22.9. The summed E-state index contributed by atoms with van der Waals surface area (Å²) in [5.41, 5.74) is 0. The van der Waals surface area contributed by atoms with Gasteiger partial charge in [-0.05, 0) is 6.08 Å². The Hall–Kier alpha value is -1.36. The summed E-state index contributed by atoms with van der Waals surface area (Å²) in [5.74, 6) is 0.530. The zero-order valence-corrected chi connectivity index (χ0v) is 6.06. The van der Waals surface area contributed by atoms with Crippen molar-refractivity contribution in [3.05, 3.63) is 11.9 Å². The van der Waals surface area contributed by atoms with Gasteiger partial charge < -0.3 is 15.3 Å². The number of aliphatic imine (C=N–C) groups is 1. The summed E-state index contributed by atoms with van der Waals surface area (Å²) in [4.78, 5) is 15.1. The highest BCUT2D eigenvalue weighted by molar-refractivity contribution is 5.73. The van der Waals surface area contributed by atoms with Gasteiger partial charge in [-0.3, -0.25) is 4.79 Å². The van der Waals surface area contributed by atoms with Crippen LogP contribution < -0.4 is 5.32 Å². The van der Waals surface area contributed by atoms with E-state index in [9.17, 15) is 4.79 Å². The molecular formula is C6H9N3O2. The number of rotatable bonds is 2. The first kappa shape index (κ1) is 7.74. The Kier molecular flexibility index (Phi) is 2.22. The highest BCUT2D eigenvalue weighted by Gasteiger charge is 2.13. The van der Waals surface area contributed by atoms with Gasteiger partial charge in [0, 0.05) is 13.3 Å². The van der Waals surface area contributed by atoms with E-state index in [1.54, 1.807) is 13.1 Å². The number of aliphatic hydroxyl groups excluding tert-OH is 1. The zero-order valence-electron chi connectivity index (χ0n) is 6.06. The van der Waals surface area contributed by atoms with Crippen LogP contribution in [0.5, 0.6) is 0 Å². The molecule has 0 aromatic carbocycles. The number of hydrogen-bond donors (Lipinski definition) is 2. The van der Waals surface area contributed by atoms with Gasteiger partial charge in [-0.15, -0.1) is 0 Å². The topological polar surface area (TPSA) is 64.9 Å². The molecule has 0 radical (unpaired) electrons. The minimum Gasteiger partial charge on any atom is -0.355 e. The van der Waals surface area contributed by atoms with E-state index in [1.165, 1.54) is 11.1 Å². The molecule has 0 aromatic heterocycles. The Balaban J connectivity index is 2.69. The Bertz CT molecular complexity index is 212. The Morgan fingerprint density at radius 1 is 1.91 bits per heavy atom. The van der Waals surface area contributed by atoms with Crippen molar-refractivity contribution in [1.82, 2.24) is 10.2 Å². The number of aliphatic hydroxyl groups is 1. The molecule has 1 heterocycles. The molecule has 11 heavy (non-hydrogen) atoms. The van der Waals surface area contributed by atoms with Gasteiger partial charge in [0.1, 0.15) is 5.82 Å². The van der Waals surface area contributed by atoms with Gasteiger partial charge in [-0.1, -0.05) is 0 Å². The molecule has 60 valence electrons. The van der Waals surface area contributed by atoms with Crippen LogP contribution in [-0.4, -0.2) is 36.0 Å². The van der Waals surface area contributed by atoms with Crippen LogP contribution in [-0.2, 0) is 4.79 Å². The van der Waals surface area contributed by atoms with Crippen LogP contribution >= 0.6 is 0 Å². The number of carbonyl (C=O) groups excluding carboxylic acids is 1. The molecule has 5 nitrogen and oxygen atoms in total. The second-order valence-electron chi connectivity index (χ2n) is 2.07. The van der Waals surface area contributed by atoms with Crippen molar-refractivity contribution in [3.8, 4) is 0 Å². The largest absolute Gasteiger partial charge is 0.355 e. The smallest absolute Gasteiger partial charge is 0.226 e. The molecule has 1 aliphatic rings. The van der Waals surface area contributed by atoms with Gasteiger partial charge in [0.25, 0.3) is 0 Å². The number of amides is 1. The summed E-state index contributed by atoms with van der Waals surface area (Å²) in [6.07, 6.45) is 2.69. The van der Waals surface area contributed by atoms with E-state index in [4.69, 9.17) is 5.11 Å². The fourth-order valence-electron chi connectivity index (χ4n) is 0.743. The van der Waals surface area contributed by atoms with Crippen LogP contribution in [0, 0.1) is 0 Å². The molecule has 1 rings (SSSR count). The van der Waals surface area contributed by atoms with Crippen LogP contribution in [0.2, 0.25) is 0 Å². The van der Waals surface area contributed by atoms with Crippen molar-refractivity contribution >= 4 is 12.6 Å². The highest BCUT2D eigenvalue weighted by Crippen LogP contribution is 2.05. The third kappa shape index (κ3) is 1.56. The highest BCUT2D eigenvalue weighted by atomic mass is 16.3. The number of carbonyl (C=O) groups is 1. The predicted octanol–water partition coefficient (Wildman–Crippen LogP) is -1.13. The van der Waals surface area contributed by atoms with E-state index >= 15 is 0 Å². The third-order valence-corrected chi connectivity index (χ3v) is 1.39. The first-order valence-corrected chi connectivity index (χ1v) is 3.10. The van der Waals surface area contributed by atoms with E-state index in [0.717, 1.165) is 0 Å². The van der Waals surface area contributed by atoms with Crippen molar-refractivity contribution < 1.29 is 9.90 Å². The van der Waals surface area contributed by atoms with Gasteiger partial charge in [-0.2, -0.15) is 0 Å². The average Bonchev–Trinajstić information content (AvgIpc) is 1.99. The quantitative estimate of drug-likeness (QED) is 0.496. The van der Waals surface area contributed by atoms with Crippen molar-refractivity contribution in [2.75, 3.05) is 7.05 Å². The summed E-state index contributed by atoms with van der Waals surface area (Å²) in [6, 6.07) is 0. The van der Waals surface area contributed by atoms with E-state index in [2.05, 4.69) is 10.3 Å². The lowest BCUT2D eigenvalue weighted by atomic mass is 10.4. The fraction of sp³-hybridized carbons (Fsp3) is 0.333. The predicted molar refractivity (Wildman–Crippen MR) is 39.5 cm³/mol. The van der Waals surface area contributed by atoms with Crippen LogP contribution in [0.4, 0.5) is 0 Å². The summed E-state index contributed by atoms with van der Waals surface area (Å²) >= 11 is 0. The lowest BCUT2D eigenvalue weighted by molar-refractivity contribution is -0.109. The van der Waals surface area contributed by atoms with Gasteiger partial charge in [0.2, 0.25) is 12.8 Å². The molecule has 2 N–H and O–H groups in total. The van der Waals surface area contributed by atoms with Gasteiger partial charge in [0.05, 0.1) is 0 Å². The molecule has 0 aromatic rings. The zero-order chi connectivity index (χ0) is 8.27. The first-order chi connectivity index (χ1) is 5.25. The second kappa shape index (κ2) is 3.16. The molecule has 0 saturated heterocycles. The Labute approximate surface area is 64.0 Å². The molecule has 0 saturated carbocycles. The average molecular weight is 155 g/mol. The van der Waals surface area contributed by atoms with Crippen LogP contribution in [0.1, 0.15) is 0 Å². The Morgan fingerprint density at radius 3 is 3.27 bits per heavy atom. The molecule has 1 amide bonds. The molecule has 1 atom stereocenters. The lowest BCUT2D eigenvalue weighted by Gasteiger charge is -2.26. The van der Waals surface area contributed by atoms with Gasteiger partial charge in [-0.25, -0.2) is 4.99 Å². The Morgan fingerprint density at radius 2 is 2.64 bits per heavy atom. The first-order valence-electron chi connectivity index (χ1n) is 3.10. The van der Waals surface area contributed by atoms with E-state index < -0.39 is 6.35 Å². The minimum atomic E-state index is -0.901. The maximum atomic E-state index is 10.0. The maximum absolute atomic E-state index is 10.0. The number of allylic oxidation sites excluding steroid dienone is 1. The SMILES string of the molecule is CN1C(NC=O)=CC=NC1O. The van der Waals surface area contributed by atoms with Crippen LogP contribution in [0.3, 0.4) is 0 Å². The molecule has 0 spiro atoms. The van der Waals surface area contributed by atoms with E-state index in [1.807, 2.05) is 0 Å². The minimum absolute atomic E-state index is 0.530. The maximum Gasteiger partial charge on any atom is 0.226 e. The molecule has 5 heteroatoms. The molecule has 0 fully saturated rings. The molecule has 1 unspecified atom stereocenters. The summed E-state index contributed by atoms with van der Waals surface area (Å²) in [6.45, 7) is 0. The summed E-state index contributed by atoms with van der Waals surface area (Å²) < 4.78 is 0. The fourth-order valence-corrected chi connectivity index (χ4v) is 0.743. The van der Waals surface area contributed by atoms with E-state index in [-0.39, 0.29) is 0 Å². The van der Waals surface area contributed by atoms with Gasteiger partial charge in [0.15, 0.2) is 0 Å². The van der Waals surface area contributed by atoms with Gasteiger partial charge >= 0.3 is 0 Å². The number of hydrogen-bond acceptors (Lipinski definition) is 4. The van der Waals surface area contributed by atoms with Crippen molar-refractivity contribution in [1.29, 1.82) is 0 Å². The standard InChI is InChI=1S/C6H9N3O2/c1-9-5(8-4-10)2-3-7-6(9)11/h2-4,6,11H,1H3,(H,8,10). The monoisotopic (exact) mass is 155 g/mol. The number of nitrogens with one attached hydrogen (secondary N) is 1. The molecule has 0 bridgehead atoms. The summed E-state index contributed by atoms with van der Waals surface area (Å²) in [5, 5.41) is 11.5. The van der Waals surface area contributed by atoms with Crippen LogP contribution in [0.25, 0.3) is 0 Å². The molecular weight excluding hydrogens is 146 g/mol. The number of nitrogens with zero attached hydrogens (tertiary/aromatic N) is 2. The van der Waals surface area contributed by atoms with Crippen molar-refractivity contribution in [3.63, 3.8) is 0 Å². The van der Waals surface area contributed by atoms with Crippen molar-refractivity contribution in [2.45, 2.75) is 6.35 Å². The second-order valence-corrected chi connectivity index (χ2v) is 2.07. The molecule has 1 aliphatic heterocycles. The lowest BCUT2D eigenvalue weighted by Crippen LogP contribution is -2.37. The molecule has 0 aliphatic carbocycles. The van der Waals surface area contributed by atoms with E-state index in [0.29, 0.717) is 12.2 Å². The summed E-state index contributed by atoms with van der Waals surface area (Å²) in [7, 11) is 1.63. The van der Waals surface area contributed by atoms with Crippen LogP contribution in [0.15, 0.2) is 16.9 Å². The van der Waals surface area contributed by atoms with Crippen molar-refractivity contribution in [2.24, 2.45) is 4.99 Å².